The van der Waals surface area contributed by atoms with Crippen molar-refractivity contribution in [3.05, 3.63) is 90.0 Å². The summed E-state index contributed by atoms with van der Waals surface area (Å²) in [6, 6.07) is 24.5. The molecule has 2 fully saturated rings. The van der Waals surface area contributed by atoms with Gasteiger partial charge in [-0.25, -0.2) is 9.96 Å². The Morgan fingerprint density at radius 1 is 0.824 bits per heavy atom. The predicted molar refractivity (Wildman–Crippen MR) is 131 cm³/mol. The standard InChI is InChI=1S/C28H28N2O4/c1-3-18-33-23-16-14-21(15-17-23)29-27(31)24-25(20-12-10-19(4-2)11-13-20)30(34-26(24)28(29)32)22-8-6-5-7-9-22/h5-17,24-26H,3-4,18H2,1-2H3/t24-,25+,26+/m0/s1. The lowest BCUT2D eigenvalue weighted by Crippen LogP contribution is -2.37. The SMILES string of the molecule is CCCOc1ccc(N2C(=O)[C@H]3[C@@H](c4ccc(CC)cc4)N(c4ccccc4)O[C@H]3C2=O)cc1. The molecule has 2 saturated heterocycles. The fraction of sp³-hybridized carbons (Fsp3) is 0.286. The highest BCUT2D eigenvalue weighted by atomic mass is 16.7. The molecular weight excluding hydrogens is 428 g/mol. The summed E-state index contributed by atoms with van der Waals surface area (Å²) in [5.41, 5.74) is 3.50. The zero-order chi connectivity index (χ0) is 23.7. The Hall–Kier alpha value is -3.64. The van der Waals surface area contributed by atoms with E-state index in [1.165, 1.54) is 10.5 Å². The first-order valence-corrected chi connectivity index (χ1v) is 11.8. The molecule has 174 valence electrons. The molecule has 2 amide bonds. The second-order valence-corrected chi connectivity index (χ2v) is 8.61. The molecule has 0 saturated carbocycles. The Kier molecular flexibility index (Phi) is 6.07. The zero-order valence-corrected chi connectivity index (χ0v) is 19.4. The van der Waals surface area contributed by atoms with E-state index < -0.39 is 18.1 Å². The van der Waals surface area contributed by atoms with Crippen LogP contribution in [0.5, 0.6) is 5.75 Å². The van der Waals surface area contributed by atoms with Crippen molar-refractivity contribution >= 4 is 23.2 Å². The molecule has 3 aromatic rings. The van der Waals surface area contributed by atoms with Crippen molar-refractivity contribution in [1.29, 1.82) is 0 Å². The molecule has 3 atom stereocenters. The van der Waals surface area contributed by atoms with Crippen LogP contribution in [0.1, 0.15) is 37.4 Å². The van der Waals surface area contributed by atoms with E-state index in [2.05, 4.69) is 19.1 Å². The Labute approximate surface area is 199 Å². The zero-order valence-electron chi connectivity index (χ0n) is 19.4. The highest BCUT2D eigenvalue weighted by molar-refractivity contribution is 6.23. The van der Waals surface area contributed by atoms with Crippen LogP contribution in [0.25, 0.3) is 0 Å². The number of hydrogen-bond donors (Lipinski definition) is 0. The molecule has 3 aromatic carbocycles. The third kappa shape index (κ3) is 3.84. The Morgan fingerprint density at radius 2 is 1.53 bits per heavy atom. The van der Waals surface area contributed by atoms with Gasteiger partial charge in [0.2, 0.25) is 5.91 Å². The molecule has 0 N–H and O–H groups in total. The molecule has 0 radical (unpaired) electrons. The number of carbonyl (C=O) groups excluding carboxylic acids is 2. The number of rotatable bonds is 7. The molecule has 0 bridgehead atoms. The van der Waals surface area contributed by atoms with Gasteiger partial charge in [-0.15, -0.1) is 0 Å². The van der Waals surface area contributed by atoms with Gasteiger partial charge >= 0.3 is 0 Å². The quantitative estimate of drug-likeness (QED) is 0.464. The second kappa shape index (κ2) is 9.31. The van der Waals surface area contributed by atoms with Crippen molar-refractivity contribution in [3.63, 3.8) is 0 Å². The summed E-state index contributed by atoms with van der Waals surface area (Å²) in [4.78, 5) is 34.6. The second-order valence-electron chi connectivity index (χ2n) is 8.61. The first-order chi connectivity index (χ1) is 16.6. The van der Waals surface area contributed by atoms with Gasteiger partial charge in [0, 0.05) is 0 Å². The van der Waals surface area contributed by atoms with Gasteiger partial charge in [0.05, 0.1) is 24.0 Å². The van der Waals surface area contributed by atoms with Crippen molar-refractivity contribution in [2.45, 2.75) is 38.8 Å². The van der Waals surface area contributed by atoms with E-state index in [0.29, 0.717) is 18.0 Å². The minimum atomic E-state index is -0.875. The number of nitrogens with zero attached hydrogens (tertiary/aromatic N) is 2. The molecule has 6 nitrogen and oxygen atoms in total. The van der Waals surface area contributed by atoms with Crippen LogP contribution in [0.3, 0.4) is 0 Å². The average Bonchev–Trinajstić information content (AvgIpc) is 3.39. The lowest BCUT2D eigenvalue weighted by molar-refractivity contribution is -0.126. The first kappa shape index (κ1) is 22.2. The molecule has 2 aliphatic rings. The summed E-state index contributed by atoms with van der Waals surface area (Å²) in [7, 11) is 0. The van der Waals surface area contributed by atoms with E-state index in [-0.39, 0.29) is 11.8 Å². The minimum absolute atomic E-state index is 0.250. The summed E-state index contributed by atoms with van der Waals surface area (Å²) < 4.78 is 5.64. The summed E-state index contributed by atoms with van der Waals surface area (Å²) in [6.07, 6.45) is 0.961. The van der Waals surface area contributed by atoms with Crippen LogP contribution in [-0.2, 0) is 20.8 Å². The number of aryl methyl sites for hydroxylation is 1. The van der Waals surface area contributed by atoms with E-state index in [1.54, 1.807) is 29.3 Å². The topological polar surface area (TPSA) is 59.1 Å². The van der Waals surface area contributed by atoms with Crippen molar-refractivity contribution in [2.24, 2.45) is 5.92 Å². The number of hydroxylamine groups is 1. The number of imide groups is 1. The maximum atomic E-state index is 13.7. The van der Waals surface area contributed by atoms with Gasteiger partial charge in [0.25, 0.3) is 5.91 Å². The van der Waals surface area contributed by atoms with E-state index in [1.807, 2.05) is 49.4 Å². The van der Waals surface area contributed by atoms with Gasteiger partial charge in [-0.3, -0.25) is 14.4 Å². The van der Waals surface area contributed by atoms with Crippen molar-refractivity contribution in [2.75, 3.05) is 16.6 Å². The van der Waals surface area contributed by atoms with Gasteiger partial charge in [0.1, 0.15) is 11.7 Å². The first-order valence-electron chi connectivity index (χ1n) is 11.8. The van der Waals surface area contributed by atoms with E-state index in [4.69, 9.17) is 9.57 Å². The number of ether oxygens (including phenoxy) is 1. The van der Waals surface area contributed by atoms with Crippen molar-refractivity contribution in [1.82, 2.24) is 0 Å². The molecule has 34 heavy (non-hydrogen) atoms. The third-order valence-electron chi connectivity index (χ3n) is 6.42. The summed E-state index contributed by atoms with van der Waals surface area (Å²) in [6.45, 7) is 4.77. The van der Waals surface area contributed by atoms with E-state index in [0.717, 1.165) is 24.1 Å². The molecule has 0 unspecified atom stereocenters. The van der Waals surface area contributed by atoms with E-state index in [9.17, 15) is 9.59 Å². The number of benzene rings is 3. The maximum Gasteiger partial charge on any atom is 0.266 e. The Balaban J connectivity index is 1.49. The lowest BCUT2D eigenvalue weighted by Gasteiger charge is -2.29. The largest absolute Gasteiger partial charge is 0.494 e. The number of amides is 2. The van der Waals surface area contributed by atoms with Gasteiger partial charge in [0.15, 0.2) is 6.10 Å². The number of anilines is 2. The highest BCUT2D eigenvalue weighted by Gasteiger charge is 2.60. The predicted octanol–water partition coefficient (Wildman–Crippen LogP) is 5.09. The highest BCUT2D eigenvalue weighted by Crippen LogP contribution is 2.47. The fourth-order valence-electron chi connectivity index (χ4n) is 4.67. The average molecular weight is 457 g/mol. The van der Waals surface area contributed by atoms with Crippen LogP contribution in [0.4, 0.5) is 11.4 Å². The normalized spacial score (nSPS) is 21.8. The van der Waals surface area contributed by atoms with E-state index >= 15 is 0 Å². The van der Waals surface area contributed by atoms with Crippen molar-refractivity contribution < 1.29 is 19.2 Å². The van der Waals surface area contributed by atoms with Gasteiger partial charge in [-0.2, -0.15) is 0 Å². The Bertz CT molecular complexity index is 1160. The molecule has 0 spiro atoms. The lowest BCUT2D eigenvalue weighted by atomic mass is 9.90. The van der Waals surface area contributed by atoms with Crippen LogP contribution in [0.2, 0.25) is 0 Å². The number of hydrogen-bond acceptors (Lipinski definition) is 5. The number of fused-ring (bicyclic) bond motifs is 1. The molecule has 2 aliphatic heterocycles. The van der Waals surface area contributed by atoms with Crippen LogP contribution in [0.15, 0.2) is 78.9 Å². The monoisotopic (exact) mass is 456 g/mol. The third-order valence-corrected chi connectivity index (χ3v) is 6.42. The number of para-hydroxylation sites is 1. The molecule has 0 aliphatic carbocycles. The van der Waals surface area contributed by atoms with Gasteiger partial charge in [-0.1, -0.05) is 56.3 Å². The van der Waals surface area contributed by atoms with Crippen LogP contribution >= 0.6 is 0 Å². The summed E-state index contributed by atoms with van der Waals surface area (Å²) in [5.74, 6) is -0.521. The smallest absolute Gasteiger partial charge is 0.266 e. The van der Waals surface area contributed by atoms with Gasteiger partial charge < -0.3 is 4.74 Å². The summed E-state index contributed by atoms with van der Waals surface area (Å²) in [5, 5.41) is 1.73. The molecular formula is C28H28N2O4. The fourth-order valence-corrected chi connectivity index (χ4v) is 4.67. The summed E-state index contributed by atoms with van der Waals surface area (Å²) >= 11 is 0. The minimum Gasteiger partial charge on any atom is -0.494 e. The molecule has 2 heterocycles. The van der Waals surface area contributed by atoms with Crippen LogP contribution in [0, 0.1) is 5.92 Å². The number of carbonyl (C=O) groups is 2. The van der Waals surface area contributed by atoms with Gasteiger partial charge in [-0.05, 0) is 60.4 Å². The molecule has 0 aromatic heterocycles. The molecule has 6 heteroatoms. The Morgan fingerprint density at radius 3 is 2.18 bits per heavy atom. The molecule has 5 rings (SSSR count). The maximum absolute atomic E-state index is 13.7. The van der Waals surface area contributed by atoms with Crippen molar-refractivity contribution in [3.8, 4) is 5.75 Å². The van der Waals surface area contributed by atoms with Crippen LogP contribution in [-0.4, -0.2) is 24.5 Å². The van der Waals surface area contributed by atoms with Crippen LogP contribution < -0.4 is 14.7 Å².